The van der Waals surface area contributed by atoms with Gasteiger partial charge in [0.1, 0.15) is 5.54 Å². The van der Waals surface area contributed by atoms with Crippen molar-refractivity contribution in [2.45, 2.75) is 45.2 Å². The van der Waals surface area contributed by atoms with Crippen LogP contribution in [0.1, 0.15) is 33.6 Å². The van der Waals surface area contributed by atoms with Gasteiger partial charge in [0.25, 0.3) is 0 Å². The van der Waals surface area contributed by atoms with Crippen molar-refractivity contribution in [3.63, 3.8) is 0 Å². The van der Waals surface area contributed by atoms with Gasteiger partial charge in [-0.3, -0.25) is 5.32 Å². The van der Waals surface area contributed by atoms with E-state index in [0.717, 1.165) is 32.5 Å². The number of nitriles is 1. The molecule has 1 heterocycles. The lowest BCUT2D eigenvalue weighted by Crippen LogP contribution is -2.47. The summed E-state index contributed by atoms with van der Waals surface area (Å²) in [6, 6.07) is 2.78. The van der Waals surface area contributed by atoms with E-state index in [1.54, 1.807) is 0 Å². The van der Waals surface area contributed by atoms with Crippen molar-refractivity contribution in [1.82, 2.24) is 15.1 Å². The van der Waals surface area contributed by atoms with Gasteiger partial charge >= 0.3 is 0 Å². The van der Waals surface area contributed by atoms with Crippen LogP contribution in [0, 0.1) is 11.3 Å². The molecule has 0 saturated carbocycles. The number of piperazine rings is 1. The summed E-state index contributed by atoms with van der Waals surface area (Å²) in [5.74, 6) is 0. The third-order valence-electron chi connectivity index (χ3n) is 3.60. The predicted octanol–water partition coefficient (Wildman–Crippen LogP) is 1.29. The predicted molar refractivity (Wildman–Crippen MR) is 75.5 cm³/mol. The second-order valence-electron chi connectivity index (χ2n) is 5.99. The fourth-order valence-corrected chi connectivity index (χ4v) is 2.53. The van der Waals surface area contributed by atoms with Gasteiger partial charge in [0, 0.05) is 32.2 Å². The van der Waals surface area contributed by atoms with Crippen molar-refractivity contribution < 1.29 is 0 Å². The van der Waals surface area contributed by atoms with E-state index in [1.165, 1.54) is 13.1 Å². The van der Waals surface area contributed by atoms with E-state index < -0.39 is 0 Å². The lowest BCUT2D eigenvalue weighted by molar-refractivity contribution is 0.149. The van der Waals surface area contributed by atoms with Crippen molar-refractivity contribution >= 4 is 0 Å². The Bertz CT molecular complexity index is 276. The molecule has 0 amide bonds. The first-order chi connectivity index (χ1) is 8.45. The minimum Gasteiger partial charge on any atom is -0.304 e. The van der Waals surface area contributed by atoms with Gasteiger partial charge in [-0.1, -0.05) is 0 Å². The molecule has 4 heteroatoms. The summed E-state index contributed by atoms with van der Waals surface area (Å²) in [5.41, 5.74) is -0.374. The van der Waals surface area contributed by atoms with Crippen LogP contribution in [0.4, 0.5) is 0 Å². The summed E-state index contributed by atoms with van der Waals surface area (Å²) in [5, 5.41) is 12.6. The first-order valence-electron chi connectivity index (χ1n) is 7.05. The van der Waals surface area contributed by atoms with Gasteiger partial charge in [0.15, 0.2) is 0 Å². The Kier molecular flexibility index (Phi) is 6.07. The van der Waals surface area contributed by atoms with E-state index in [-0.39, 0.29) is 5.54 Å². The number of hydrogen-bond donors (Lipinski definition) is 1. The molecule has 18 heavy (non-hydrogen) atoms. The smallest absolute Gasteiger partial charge is 0.104 e. The Hall–Kier alpha value is -0.630. The largest absolute Gasteiger partial charge is 0.304 e. The van der Waals surface area contributed by atoms with Gasteiger partial charge in [-0.25, -0.2) is 0 Å². The van der Waals surface area contributed by atoms with Gasteiger partial charge in [-0.2, -0.15) is 5.26 Å². The normalized spacial score (nSPS) is 21.8. The minimum atomic E-state index is -0.374. The molecule has 1 unspecified atom stereocenters. The fraction of sp³-hybridized carbons (Fsp3) is 0.929. The van der Waals surface area contributed by atoms with Crippen molar-refractivity contribution in [2.24, 2.45) is 0 Å². The van der Waals surface area contributed by atoms with Gasteiger partial charge < -0.3 is 9.80 Å². The van der Waals surface area contributed by atoms with Crippen LogP contribution in [0.15, 0.2) is 0 Å². The summed E-state index contributed by atoms with van der Waals surface area (Å²) < 4.78 is 0. The first kappa shape index (κ1) is 15.4. The second-order valence-corrected chi connectivity index (χ2v) is 5.99. The summed E-state index contributed by atoms with van der Waals surface area (Å²) in [4.78, 5) is 4.88. The Labute approximate surface area is 112 Å². The molecule has 1 rings (SSSR count). The van der Waals surface area contributed by atoms with E-state index in [4.69, 9.17) is 0 Å². The van der Waals surface area contributed by atoms with Crippen molar-refractivity contribution in [2.75, 3.05) is 39.8 Å². The molecule has 0 aromatic carbocycles. The number of nitrogens with one attached hydrogen (secondary N) is 1. The Morgan fingerprint density at radius 3 is 2.39 bits per heavy atom. The van der Waals surface area contributed by atoms with Crippen LogP contribution < -0.4 is 5.32 Å². The Morgan fingerprint density at radius 2 is 1.89 bits per heavy atom. The molecular formula is C14H28N4. The molecular weight excluding hydrogens is 224 g/mol. The Balaban J connectivity index is 2.25. The molecule has 0 aromatic rings. The minimum absolute atomic E-state index is 0.360. The molecule has 1 atom stereocenters. The average Bonchev–Trinajstić information content (AvgIpc) is 2.31. The number of nitrogens with zero attached hydrogens (tertiary/aromatic N) is 3. The molecule has 0 radical (unpaired) electrons. The summed E-state index contributed by atoms with van der Waals surface area (Å²) in [6.45, 7) is 12.0. The van der Waals surface area contributed by atoms with E-state index >= 15 is 0 Å². The highest BCUT2D eigenvalue weighted by molar-refractivity contribution is 5.04. The summed E-state index contributed by atoms with van der Waals surface area (Å²) in [7, 11) is 2.18. The van der Waals surface area contributed by atoms with Crippen LogP contribution in [0.5, 0.6) is 0 Å². The van der Waals surface area contributed by atoms with E-state index in [1.807, 2.05) is 6.92 Å². The maximum Gasteiger partial charge on any atom is 0.104 e. The molecule has 0 spiro atoms. The summed E-state index contributed by atoms with van der Waals surface area (Å²) in [6.07, 6.45) is 2.02. The van der Waals surface area contributed by atoms with Gasteiger partial charge in [0.05, 0.1) is 6.07 Å². The first-order valence-corrected chi connectivity index (χ1v) is 7.05. The molecule has 0 bridgehead atoms. The van der Waals surface area contributed by atoms with Crippen LogP contribution >= 0.6 is 0 Å². The van der Waals surface area contributed by atoms with E-state index in [0.29, 0.717) is 6.04 Å². The molecule has 0 aromatic heterocycles. The van der Waals surface area contributed by atoms with E-state index in [2.05, 4.69) is 42.1 Å². The highest BCUT2D eigenvalue weighted by Crippen LogP contribution is 2.13. The van der Waals surface area contributed by atoms with E-state index in [9.17, 15) is 5.26 Å². The molecule has 4 nitrogen and oxygen atoms in total. The van der Waals surface area contributed by atoms with Gasteiger partial charge in [0.2, 0.25) is 0 Å². The van der Waals surface area contributed by atoms with Crippen molar-refractivity contribution in [1.29, 1.82) is 5.26 Å². The van der Waals surface area contributed by atoms with Crippen LogP contribution in [-0.2, 0) is 0 Å². The second kappa shape index (κ2) is 7.08. The third kappa shape index (κ3) is 5.34. The van der Waals surface area contributed by atoms with Crippen LogP contribution in [0.25, 0.3) is 0 Å². The quantitative estimate of drug-likeness (QED) is 0.773. The average molecular weight is 252 g/mol. The fourth-order valence-electron chi connectivity index (χ4n) is 2.53. The standard InChI is InChI=1S/C14H28N4/c1-13(2)16-14(3,12-15)6-5-7-18-10-8-17(4)9-11-18/h13,16H,5-11H2,1-4H3. The highest BCUT2D eigenvalue weighted by atomic mass is 15.2. The zero-order valence-electron chi connectivity index (χ0n) is 12.4. The number of likely N-dealkylation sites (N-methyl/N-ethyl adjacent to an activating group) is 1. The number of rotatable bonds is 6. The molecule has 1 saturated heterocycles. The van der Waals surface area contributed by atoms with Gasteiger partial charge in [-0.05, 0) is 47.2 Å². The molecule has 0 aliphatic carbocycles. The SMILES string of the molecule is CC(C)NC(C)(C#N)CCCN1CCN(C)CC1. The molecule has 1 aliphatic heterocycles. The van der Waals surface area contributed by atoms with Gasteiger partial charge in [-0.15, -0.1) is 0 Å². The summed E-state index contributed by atoms with van der Waals surface area (Å²) >= 11 is 0. The third-order valence-corrected chi connectivity index (χ3v) is 3.60. The lowest BCUT2D eigenvalue weighted by atomic mass is 9.96. The van der Waals surface area contributed by atoms with Crippen molar-refractivity contribution in [3.05, 3.63) is 0 Å². The lowest BCUT2D eigenvalue weighted by Gasteiger charge is -2.33. The molecule has 104 valence electrons. The highest BCUT2D eigenvalue weighted by Gasteiger charge is 2.24. The number of hydrogen-bond acceptors (Lipinski definition) is 4. The van der Waals surface area contributed by atoms with Crippen LogP contribution in [-0.4, -0.2) is 61.2 Å². The molecule has 1 fully saturated rings. The Morgan fingerprint density at radius 1 is 1.28 bits per heavy atom. The topological polar surface area (TPSA) is 42.3 Å². The molecule has 1 aliphatic rings. The zero-order valence-corrected chi connectivity index (χ0v) is 12.4. The maximum atomic E-state index is 9.27. The van der Waals surface area contributed by atoms with Crippen LogP contribution in [0.3, 0.4) is 0 Å². The maximum absolute atomic E-state index is 9.27. The molecule has 1 N–H and O–H groups in total. The van der Waals surface area contributed by atoms with Crippen LogP contribution in [0.2, 0.25) is 0 Å². The zero-order chi connectivity index (χ0) is 13.6. The monoisotopic (exact) mass is 252 g/mol. The van der Waals surface area contributed by atoms with Crippen molar-refractivity contribution in [3.8, 4) is 6.07 Å².